The number of carbonyl (C=O) groups is 1. The number of nitrogens with zero attached hydrogens (tertiary/aromatic N) is 3. The Bertz CT molecular complexity index is 1140. The Morgan fingerprint density at radius 1 is 1.19 bits per heavy atom. The minimum absolute atomic E-state index is 0.112. The molecule has 7 nitrogen and oxygen atoms in total. The van der Waals surface area contributed by atoms with Gasteiger partial charge in [0.15, 0.2) is 5.13 Å². The predicted molar refractivity (Wildman–Crippen MR) is 122 cm³/mol. The summed E-state index contributed by atoms with van der Waals surface area (Å²) in [6, 6.07) is 8.66. The number of carbonyl (C=O) groups excluding carboxylic acids is 1. The van der Waals surface area contributed by atoms with Crippen molar-refractivity contribution in [2.75, 3.05) is 28.6 Å². The average molecular weight is 460 g/mol. The highest BCUT2D eigenvalue weighted by Gasteiger charge is 2.34. The molecule has 0 radical (unpaired) electrons. The van der Waals surface area contributed by atoms with E-state index in [4.69, 9.17) is 0 Å². The molecule has 0 spiro atoms. The summed E-state index contributed by atoms with van der Waals surface area (Å²) in [5.74, 6) is -1.69. The van der Waals surface area contributed by atoms with Crippen LogP contribution in [0.5, 0.6) is 5.75 Å². The average Bonchev–Trinajstić information content (AvgIpc) is 3.22. The van der Waals surface area contributed by atoms with E-state index >= 15 is 0 Å². The number of aromatic hydroxyl groups is 1. The second-order valence-electron chi connectivity index (χ2n) is 7.73. The lowest BCUT2D eigenvalue weighted by Crippen LogP contribution is -2.39. The third kappa shape index (κ3) is 4.80. The van der Waals surface area contributed by atoms with Gasteiger partial charge in [0, 0.05) is 31.5 Å². The Labute approximate surface area is 188 Å². The van der Waals surface area contributed by atoms with Crippen molar-refractivity contribution in [1.82, 2.24) is 9.97 Å². The number of alkyl halides is 2. The summed E-state index contributed by atoms with van der Waals surface area (Å²) in [6.45, 7) is 4.08. The number of halogens is 2. The molecule has 0 unspecified atom stereocenters. The minimum atomic E-state index is -2.61. The maximum atomic E-state index is 13.4. The molecule has 0 atom stereocenters. The molecule has 1 aliphatic heterocycles. The number of aryl methyl sites for hydroxylation is 1. The Morgan fingerprint density at radius 2 is 1.94 bits per heavy atom. The molecular weight excluding hydrogens is 436 g/mol. The van der Waals surface area contributed by atoms with E-state index in [-0.39, 0.29) is 37.6 Å². The maximum absolute atomic E-state index is 13.4. The predicted octanol–water partition coefficient (Wildman–Crippen LogP) is 5.09. The van der Waals surface area contributed by atoms with Crippen LogP contribution in [0.1, 0.15) is 33.6 Å². The smallest absolute Gasteiger partial charge is 0.267 e. The Kier molecular flexibility index (Phi) is 5.96. The molecule has 3 aromatic rings. The summed E-state index contributed by atoms with van der Waals surface area (Å²) in [5, 5.41) is 16.3. The maximum Gasteiger partial charge on any atom is 0.267 e. The first-order chi connectivity index (χ1) is 15.2. The quantitative estimate of drug-likeness (QED) is 0.492. The van der Waals surface area contributed by atoms with Crippen molar-refractivity contribution in [2.24, 2.45) is 0 Å². The van der Waals surface area contributed by atoms with Crippen LogP contribution in [0, 0.1) is 13.8 Å². The Balaban J connectivity index is 1.44. The number of hydrogen-bond donors (Lipinski definition) is 3. The number of amides is 1. The summed E-state index contributed by atoms with van der Waals surface area (Å²) in [5.41, 5.74) is 2.00. The van der Waals surface area contributed by atoms with Crippen LogP contribution in [0.25, 0.3) is 0 Å². The highest BCUT2D eigenvalue weighted by atomic mass is 32.1. The van der Waals surface area contributed by atoms with Crippen LogP contribution >= 0.6 is 11.3 Å². The first kappa shape index (κ1) is 21.9. The standard InChI is InChI=1S/C22H23F2N5O2S/c1-13-6-7-15(30)14(2)19(13)28-20(31)16-12-25-21(32-16)27-17-4-3-5-18(26-17)29-10-8-22(23,24)9-11-29/h3-7,12,30H,8-11H2,1-2H3,(H,28,31)(H,25,26,27). The molecule has 2 aromatic heterocycles. The lowest BCUT2D eigenvalue weighted by Gasteiger charge is -2.32. The highest BCUT2D eigenvalue weighted by molar-refractivity contribution is 7.17. The van der Waals surface area contributed by atoms with Crippen LogP contribution in [-0.2, 0) is 0 Å². The van der Waals surface area contributed by atoms with Crippen LogP contribution in [-0.4, -0.2) is 40.0 Å². The second-order valence-corrected chi connectivity index (χ2v) is 8.77. The molecule has 0 saturated carbocycles. The second kappa shape index (κ2) is 8.70. The molecule has 0 bridgehead atoms. The number of pyridine rings is 1. The van der Waals surface area contributed by atoms with Crippen LogP contribution < -0.4 is 15.5 Å². The van der Waals surface area contributed by atoms with E-state index in [1.54, 1.807) is 37.3 Å². The molecule has 4 rings (SSSR count). The van der Waals surface area contributed by atoms with Gasteiger partial charge in [-0.1, -0.05) is 23.5 Å². The minimum Gasteiger partial charge on any atom is -0.508 e. The number of thiazole rings is 1. The first-order valence-electron chi connectivity index (χ1n) is 10.1. The SMILES string of the molecule is Cc1ccc(O)c(C)c1NC(=O)c1cnc(Nc2cccc(N3CCC(F)(F)CC3)n2)s1. The molecule has 1 amide bonds. The van der Waals surface area contributed by atoms with Gasteiger partial charge >= 0.3 is 0 Å². The molecule has 1 fully saturated rings. The lowest BCUT2D eigenvalue weighted by atomic mass is 10.1. The molecule has 3 heterocycles. The molecule has 32 heavy (non-hydrogen) atoms. The highest BCUT2D eigenvalue weighted by Crippen LogP contribution is 2.31. The third-order valence-corrected chi connectivity index (χ3v) is 6.31. The largest absolute Gasteiger partial charge is 0.508 e. The van der Waals surface area contributed by atoms with Gasteiger partial charge in [-0.05, 0) is 37.6 Å². The van der Waals surface area contributed by atoms with Crippen LogP contribution in [0.2, 0.25) is 0 Å². The van der Waals surface area contributed by atoms with Crippen LogP contribution in [0.3, 0.4) is 0 Å². The van der Waals surface area contributed by atoms with Gasteiger partial charge in [0.25, 0.3) is 11.8 Å². The summed E-state index contributed by atoms with van der Waals surface area (Å²) in [6.07, 6.45) is 1.09. The summed E-state index contributed by atoms with van der Waals surface area (Å²) >= 11 is 1.16. The fourth-order valence-corrected chi connectivity index (χ4v) is 4.20. The van der Waals surface area contributed by atoms with Gasteiger partial charge in [-0.2, -0.15) is 0 Å². The molecule has 1 aliphatic rings. The molecule has 0 aliphatic carbocycles. The topological polar surface area (TPSA) is 90.4 Å². The number of rotatable bonds is 5. The molecule has 1 aromatic carbocycles. The Hall–Kier alpha value is -3.27. The zero-order valence-electron chi connectivity index (χ0n) is 17.7. The first-order valence-corrected chi connectivity index (χ1v) is 11.0. The summed E-state index contributed by atoms with van der Waals surface area (Å²) < 4.78 is 26.8. The third-order valence-electron chi connectivity index (χ3n) is 5.40. The number of piperidine rings is 1. The summed E-state index contributed by atoms with van der Waals surface area (Å²) in [7, 11) is 0. The lowest BCUT2D eigenvalue weighted by molar-refractivity contribution is -0.0221. The molecule has 168 valence electrons. The van der Waals surface area contributed by atoms with Crippen molar-refractivity contribution >= 4 is 39.7 Å². The van der Waals surface area contributed by atoms with E-state index in [1.165, 1.54) is 6.20 Å². The van der Waals surface area contributed by atoms with E-state index in [0.717, 1.165) is 16.9 Å². The van der Waals surface area contributed by atoms with Crippen LogP contribution in [0.15, 0.2) is 36.5 Å². The van der Waals surface area contributed by atoms with Crippen molar-refractivity contribution in [1.29, 1.82) is 0 Å². The van der Waals surface area contributed by atoms with E-state index in [2.05, 4.69) is 20.6 Å². The molecular formula is C22H23F2N5O2S. The fourth-order valence-electron chi connectivity index (χ4n) is 3.48. The monoisotopic (exact) mass is 459 g/mol. The van der Waals surface area contributed by atoms with E-state index < -0.39 is 5.92 Å². The van der Waals surface area contributed by atoms with Gasteiger partial charge in [-0.3, -0.25) is 4.79 Å². The zero-order valence-corrected chi connectivity index (χ0v) is 18.5. The number of phenols is 1. The number of hydrogen-bond acceptors (Lipinski definition) is 7. The van der Waals surface area contributed by atoms with Gasteiger partial charge in [0.2, 0.25) is 0 Å². The number of benzene rings is 1. The van der Waals surface area contributed by atoms with Crippen molar-refractivity contribution < 1.29 is 18.7 Å². The van der Waals surface area contributed by atoms with Crippen molar-refractivity contribution in [3.63, 3.8) is 0 Å². The van der Waals surface area contributed by atoms with Crippen molar-refractivity contribution in [2.45, 2.75) is 32.6 Å². The number of nitrogens with one attached hydrogen (secondary N) is 2. The van der Waals surface area contributed by atoms with E-state index in [0.29, 0.717) is 32.9 Å². The molecule has 3 N–H and O–H groups in total. The van der Waals surface area contributed by atoms with Gasteiger partial charge < -0.3 is 20.6 Å². The number of phenolic OH excluding ortho intramolecular Hbond substituents is 1. The van der Waals surface area contributed by atoms with E-state index in [9.17, 15) is 18.7 Å². The summed E-state index contributed by atoms with van der Waals surface area (Å²) in [4.78, 5) is 23.6. The van der Waals surface area contributed by atoms with Crippen molar-refractivity contribution in [3.8, 4) is 5.75 Å². The Morgan fingerprint density at radius 3 is 2.69 bits per heavy atom. The van der Waals surface area contributed by atoms with Crippen molar-refractivity contribution in [3.05, 3.63) is 52.5 Å². The van der Waals surface area contributed by atoms with Gasteiger partial charge in [0.05, 0.1) is 11.9 Å². The molecule has 1 saturated heterocycles. The molecule has 10 heteroatoms. The van der Waals surface area contributed by atoms with Crippen LogP contribution in [0.4, 0.5) is 31.2 Å². The zero-order chi connectivity index (χ0) is 22.9. The van der Waals surface area contributed by atoms with E-state index in [1.807, 2.05) is 11.8 Å². The number of anilines is 4. The van der Waals surface area contributed by atoms with Gasteiger partial charge in [-0.25, -0.2) is 18.7 Å². The van der Waals surface area contributed by atoms with Gasteiger partial charge in [-0.15, -0.1) is 0 Å². The fraction of sp³-hybridized carbons (Fsp3) is 0.318. The van der Waals surface area contributed by atoms with Gasteiger partial charge in [0.1, 0.15) is 22.3 Å². The normalized spacial score (nSPS) is 15.4. The number of aromatic nitrogens is 2.